The van der Waals surface area contributed by atoms with Crippen molar-refractivity contribution in [1.29, 1.82) is 0 Å². The van der Waals surface area contributed by atoms with Crippen molar-refractivity contribution in [2.75, 3.05) is 11.5 Å². The molecule has 1 aliphatic rings. The van der Waals surface area contributed by atoms with Crippen molar-refractivity contribution in [1.82, 2.24) is 5.32 Å². The third-order valence-electron chi connectivity index (χ3n) is 6.07. The molecule has 1 saturated heterocycles. The Labute approximate surface area is 194 Å². The van der Waals surface area contributed by atoms with Crippen molar-refractivity contribution in [2.45, 2.75) is 25.8 Å². The van der Waals surface area contributed by atoms with Crippen LogP contribution in [0.15, 0.2) is 56.3 Å². The van der Waals surface area contributed by atoms with E-state index in [1.165, 1.54) is 0 Å². The van der Waals surface area contributed by atoms with Crippen LogP contribution in [0, 0.1) is 6.92 Å². The molecule has 0 spiro atoms. The van der Waals surface area contributed by atoms with Crippen molar-refractivity contribution in [3.8, 4) is 11.1 Å². The summed E-state index contributed by atoms with van der Waals surface area (Å²) in [6.45, 7) is 1.77. The summed E-state index contributed by atoms with van der Waals surface area (Å²) in [7, 11) is -3.11. The highest BCUT2D eigenvalue weighted by Gasteiger charge is 2.29. The summed E-state index contributed by atoms with van der Waals surface area (Å²) in [5.41, 5.74) is 3.03. The number of aryl methyl sites for hydroxylation is 1. The third-order valence-corrected chi connectivity index (χ3v) is 8.09. The Hall–Kier alpha value is -3.10. The van der Waals surface area contributed by atoms with Crippen LogP contribution in [0.1, 0.15) is 17.5 Å². The Morgan fingerprint density at radius 2 is 1.91 bits per heavy atom. The van der Waals surface area contributed by atoms with Gasteiger partial charge in [0.25, 0.3) is 0 Å². The van der Waals surface area contributed by atoms with E-state index < -0.39 is 27.4 Å². The maximum Gasteiger partial charge on any atom is 0.340 e. The summed E-state index contributed by atoms with van der Waals surface area (Å²) in [5, 5.41) is 4.89. The van der Waals surface area contributed by atoms with E-state index in [9.17, 15) is 18.0 Å². The summed E-state index contributed by atoms with van der Waals surface area (Å²) in [6, 6.07) is 10.5. The molecule has 2 aromatic heterocycles. The van der Waals surface area contributed by atoms with Gasteiger partial charge in [0.1, 0.15) is 11.2 Å². The Balaban J connectivity index is 1.51. The smallest absolute Gasteiger partial charge is 0.340 e. The molecule has 0 saturated carbocycles. The molecule has 0 unspecified atom stereocenters. The highest BCUT2D eigenvalue weighted by molar-refractivity contribution is 7.91. The predicted molar refractivity (Wildman–Crippen MR) is 126 cm³/mol. The number of amides is 1. The first-order valence-electron chi connectivity index (χ1n) is 10.4. The zero-order valence-electron chi connectivity index (χ0n) is 17.7. The molecule has 1 amide bonds. The van der Waals surface area contributed by atoms with Gasteiger partial charge in [0.2, 0.25) is 5.91 Å². The molecule has 1 atom stereocenters. The molecule has 4 aromatic rings. The number of rotatable bonds is 4. The van der Waals surface area contributed by atoms with Crippen LogP contribution in [0.3, 0.4) is 0 Å². The third kappa shape index (κ3) is 4.16. The second-order valence-corrected chi connectivity index (χ2v) is 11.0. The van der Waals surface area contributed by atoms with E-state index in [2.05, 4.69) is 5.32 Å². The van der Waals surface area contributed by atoms with Crippen molar-refractivity contribution in [2.24, 2.45) is 0 Å². The second kappa shape index (κ2) is 8.04. The van der Waals surface area contributed by atoms with Crippen LogP contribution < -0.4 is 10.9 Å². The monoisotopic (exact) mass is 485 g/mol. The predicted octanol–water partition coefficient (Wildman–Crippen LogP) is 4.01. The molecule has 1 N–H and O–H groups in total. The second-order valence-electron chi connectivity index (χ2n) is 8.34. The SMILES string of the molecule is Cc1c(CC(=O)N[C@@H]2CCS(=O)(=O)C2)c(=O)oc2cc3occ(-c4ccc(Cl)cc4)c3cc12. The van der Waals surface area contributed by atoms with Crippen LogP contribution in [-0.2, 0) is 21.1 Å². The van der Waals surface area contributed by atoms with Crippen LogP contribution in [-0.4, -0.2) is 31.9 Å². The molecule has 1 fully saturated rings. The van der Waals surface area contributed by atoms with E-state index in [1.807, 2.05) is 18.2 Å². The van der Waals surface area contributed by atoms with Crippen LogP contribution in [0.4, 0.5) is 0 Å². The normalized spacial score (nSPS) is 17.6. The number of furan rings is 1. The topological polar surface area (TPSA) is 107 Å². The summed E-state index contributed by atoms with van der Waals surface area (Å²) >= 11 is 6.00. The quantitative estimate of drug-likeness (QED) is 0.438. The fourth-order valence-corrected chi connectivity index (χ4v) is 6.11. The van der Waals surface area contributed by atoms with E-state index in [1.54, 1.807) is 31.4 Å². The van der Waals surface area contributed by atoms with Gasteiger partial charge >= 0.3 is 5.63 Å². The summed E-state index contributed by atoms with van der Waals surface area (Å²) in [6.07, 6.45) is 1.84. The van der Waals surface area contributed by atoms with Crippen LogP contribution in [0.2, 0.25) is 5.02 Å². The van der Waals surface area contributed by atoms with Crippen LogP contribution in [0.25, 0.3) is 33.1 Å². The summed E-state index contributed by atoms with van der Waals surface area (Å²) < 4.78 is 34.5. The Kier molecular flexibility index (Phi) is 5.29. The minimum atomic E-state index is -3.11. The number of hydrogen-bond acceptors (Lipinski definition) is 6. The van der Waals surface area contributed by atoms with Gasteiger partial charge in [-0.25, -0.2) is 13.2 Å². The van der Waals surface area contributed by atoms with Gasteiger partial charge in [0.05, 0.1) is 29.8 Å². The molecule has 33 heavy (non-hydrogen) atoms. The highest BCUT2D eigenvalue weighted by atomic mass is 35.5. The van der Waals surface area contributed by atoms with Crippen molar-refractivity contribution in [3.05, 3.63) is 69.2 Å². The lowest BCUT2D eigenvalue weighted by atomic mass is 9.99. The average Bonchev–Trinajstić information content (AvgIpc) is 3.32. The maximum absolute atomic E-state index is 12.6. The van der Waals surface area contributed by atoms with E-state index in [4.69, 9.17) is 20.4 Å². The minimum absolute atomic E-state index is 0.0612. The molecule has 9 heteroatoms. The molecule has 0 radical (unpaired) electrons. The van der Waals surface area contributed by atoms with Gasteiger partial charge in [0.15, 0.2) is 9.84 Å². The number of nitrogens with one attached hydrogen (secondary N) is 1. The Bertz CT molecular complexity index is 1570. The number of hydrogen-bond donors (Lipinski definition) is 1. The number of halogens is 1. The molecule has 1 aliphatic heterocycles. The largest absolute Gasteiger partial charge is 0.464 e. The Morgan fingerprint density at radius 3 is 2.61 bits per heavy atom. The molecule has 0 bridgehead atoms. The van der Waals surface area contributed by atoms with E-state index in [-0.39, 0.29) is 23.5 Å². The fraction of sp³-hybridized carbons (Fsp3) is 0.250. The number of carbonyl (C=O) groups excluding carboxylic acids is 1. The van der Waals surface area contributed by atoms with Crippen LogP contribution >= 0.6 is 11.6 Å². The van der Waals surface area contributed by atoms with Crippen molar-refractivity contribution >= 4 is 49.3 Å². The first kappa shape index (κ1) is 21.7. The molecular formula is C24H20ClNO6S. The molecule has 7 nitrogen and oxygen atoms in total. The van der Waals surface area contributed by atoms with Gasteiger partial charge in [-0.2, -0.15) is 0 Å². The number of fused-ring (bicyclic) bond motifs is 2. The zero-order valence-corrected chi connectivity index (χ0v) is 19.3. The first-order chi connectivity index (χ1) is 15.7. The zero-order chi connectivity index (χ0) is 23.3. The van der Waals surface area contributed by atoms with Crippen molar-refractivity contribution in [3.63, 3.8) is 0 Å². The maximum atomic E-state index is 12.6. The number of sulfone groups is 1. The molecule has 2 aromatic carbocycles. The van der Waals surface area contributed by atoms with E-state index >= 15 is 0 Å². The van der Waals surface area contributed by atoms with Gasteiger partial charge in [-0.1, -0.05) is 23.7 Å². The van der Waals surface area contributed by atoms with E-state index in [0.717, 1.165) is 16.5 Å². The van der Waals surface area contributed by atoms with Gasteiger partial charge < -0.3 is 14.2 Å². The molecule has 5 rings (SSSR count). The average molecular weight is 486 g/mol. The van der Waals surface area contributed by atoms with Gasteiger partial charge in [0, 0.05) is 33.5 Å². The minimum Gasteiger partial charge on any atom is -0.464 e. The molecule has 170 valence electrons. The first-order valence-corrected chi connectivity index (χ1v) is 12.6. The standard InChI is InChI=1S/C24H20ClNO6S/c1-13-17-8-19-20(14-2-4-15(25)5-3-14)11-31-21(19)10-22(17)32-24(28)18(13)9-23(27)26-16-6-7-33(29,30)12-16/h2-5,8,10-11,16H,6-7,9,12H2,1H3,(H,26,27)/t16-/m1/s1. The lowest BCUT2D eigenvalue weighted by Crippen LogP contribution is -2.37. The van der Waals surface area contributed by atoms with Crippen LogP contribution in [0.5, 0.6) is 0 Å². The highest BCUT2D eigenvalue weighted by Crippen LogP contribution is 2.35. The summed E-state index contributed by atoms with van der Waals surface area (Å²) in [4.78, 5) is 25.2. The number of carbonyl (C=O) groups is 1. The van der Waals surface area contributed by atoms with Gasteiger partial charge in [-0.3, -0.25) is 4.79 Å². The van der Waals surface area contributed by atoms with Gasteiger partial charge in [-0.05, 0) is 42.7 Å². The van der Waals surface area contributed by atoms with E-state index in [0.29, 0.717) is 33.6 Å². The molecule has 0 aliphatic carbocycles. The lowest BCUT2D eigenvalue weighted by Gasteiger charge is -2.12. The fourth-order valence-electron chi connectivity index (χ4n) is 4.32. The van der Waals surface area contributed by atoms with Crippen molar-refractivity contribution < 1.29 is 22.0 Å². The molecular weight excluding hydrogens is 466 g/mol. The lowest BCUT2D eigenvalue weighted by molar-refractivity contribution is -0.121. The van der Waals surface area contributed by atoms with Gasteiger partial charge in [-0.15, -0.1) is 0 Å². The number of benzene rings is 2. The Morgan fingerprint density at radius 1 is 1.15 bits per heavy atom. The molecule has 3 heterocycles. The summed E-state index contributed by atoms with van der Waals surface area (Å²) in [5.74, 6) is -0.417.